The molecule has 0 saturated carbocycles. The first kappa shape index (κ1) is 20.5. The van der Waals surface area contributed by atoms with Crippen molar-refractivity contribution in [1.82, 2.24) is 4.98 Å². The van der Waals surface area contributed by atoms with Crippen LogP contribution in [0.5, 0.6) is 11.5 Å². The Morgan fingerprint density at radius 1 is 1.07 bits per heavy atom. The van der Waals surface area contributed by atoms with Gasteiger partial charge < -0.3 is 14.2 Å². The molecule has 0 atom stereocenters. The number of methoxy groups -OCH3 is 1. The Balaban J connectivity index is 1.71. The zero-order chi connectivity index (χ0) is 20.8. The molecule has 150 valence electrons. The predicted molar refractivity (Wildman–Crippen MR) is 110 cm³/mol. The van der Waals surface area contributed by atoms with Crippen LogP contribution in [0.4, 0.5) is 0 Å². The third-order valence-corrected chi connectivity index (χ3v) is 5.02. The van der Waals surface area contributed by atoms with Gasteiger partial charge in [-0.1, -0.05) is 12.1 Å². The Hall–Kier alpha value is -3.19. The van der Waals surface area contributed by atoms with Gasteiger partial charge in [0.15, 0.2) is 5.78 Å². The van der Waals surface area contributed by atoms with Crippen LogP contribution in [0.2, 0.25) is 0 Å². The van der Waals surface area contributed by atoms with E-state index in [1.807, 2.05) is 12.3 Å². The molecule has 7 heteroatoms. The fourth-order valence-corrected chi connectivity index (χ4v) is 3.32. The molecule has 0 N–H and O–H groups in total. The van der Waals surface area contributed by atoms with Crippen molar-refractivity contribution in [3.8, 4) is 11.5 Å². The number of thiazole rings is 1. The molecular weight excluding hydrogens is 390 g/mol. The molecule has 0 saturated heterocycles. The molecule has 0 aliphatic carbocycles. The quantitative estimate of drug-likeness (QED) is 0.398. The van der Waals surface area contributed by atoms with E-state index in [4.69, 9.17) is 14.2 Å². The summed E-state index contributed by atoms with van der Waals surface area (Å²) in [6.07, 6.45) is 0. The number of aromatic nitrogens is 1. The smallest absolute Gasteiger partial charge is 0.342 e. The van der Waals surface area contributed by atoms with Crippen molar-refractivity contribution >= 4 is 23.1 Å². The number of Topliss-reactive ketones (excluding diaryl/α,β-unsaturated/α-hetero) is 1. The minimum absolute atomic E-state index is 0.0251. The molecule has 29 heavy (non-hydrogen) atoms. The average Bonchev–Trinajstić information content (AvgIpc) is 3.15. The monoisotopic (exact) mass is 411 g/mol. The Morgan fingerprint density at radius 2 is 1.86 bits per heavy atom. The number of carbonyl (C=O) groups is 2. The van der Waals surface area contributed by atoms with Crippen LogP contribution in [0.3, 0.4) is 0 Å². The zero-order valence-corrected chi connectivity index (χ0v) is 17.2. The highest BCUT2D eigenvalue weighted by molar-refractivity contribution is 7.09. The number of hydrogen-bond acceptors (Lipinski definition) is 7. The first-order valence-electron chi connectivity index (χ1n) is 8.95. The first-order chi connectivity index (χ1) is 14.0. The van der Waals surface area contributed by atoms with Crippen LogP contribution in [0, 0.1) is 6.92 Å². The minimum atomic E-state index is -0.523. The highest BCUT2D eigenvalue weighted by Crippen LogP contribution is 2.24. The molecule has 0 fully saturated rings. The van der Waals surface area contributed by atoms with Gasteiger partial charge in [-0.05, 0) is 44.2 Å². The van der Waals surface area contributed by atoms with Crippen molar-refractivity contribution in [3.63, 3.8) is 0 Å². The number of esters is 1. The molecule has 3 aromatic rings. The summed E-state index contributed by atoms with van der Waals surface area (Å²) < 4.78 is 16.5. The third-order valence-electron chi connectivity index (χ3n) is 4.19. The van der Waals surface area contributed by atoms with Crippen molar-refractivity contribution < 1.29 is 23.8 Å². The lowest BCUT2D eigenvalue weighted by atomic mass is 10.1. The van der Waals surface area contributed by atoms with Gasteiger partial charge in [0.25, 0.3) is 0 Å². The van der Waals surface area contributed by atoms with E-state index in [1.54, 1.807) is 53.8 Å². The average molecular weight is 411 g/mol. The summed E-state index contributed by atoms with van der Waals surface area (Å²) in [6, 6.07) is 11.9. The van der Waals surface area contributed by atoms with Gasteiger partial charge >= 0.3 is 5.97 Å². The lowest BCUT2D eigenvalue weighted by molar-refractivity contribution is 0.0465. The van der Waals surface area contributed by atoms with Crippen LogP contribution >= 0.6 is 11.3 Å². The molecule has 6 nitrogen and oxygen atoms in total. The van der Waals surface area contributed by atoms with E-state index < -0.39 is 5.97 Å². The number of ketones is 1. The largest absolute Gasteiger partial charge is 0.496 e. The highest BCUT2D eigenvalue weighted by atomic mass is 32.1. The highest BCUT2D eigenvalue weighted by Gasteiger charge is 2.16. The summed E-state index contributed by atoms with van der Waals surface area (Å²) in [6.45, 7) is 3.65. The molecule has 0 radical (unpaired) electrons. The Morgan fingerprint density at radius 3 is 2.55 bits per heavy atom. The van der Waals surface area contributed by atoms with Crippen LogP contribution in [0.25, 0.3) is 0 Å². The van der Waals surface area contributed by atoms with Gasteiger partial charge in [-0.3, -0.25) is 4.79 Å². The fourth-order valence-electron chi connectivity index (χ4n) is 2.72. The van der Waals surface area contributed by atoms with E-state index in [9.17, 15) is 9.59 Å². The van der Waals surface area contributed by atoms with Gasteiger partial charge in [0.05, 0.1) is 17.8 Å². The molecular formula is C22H21NO5S. The van der Waals surface area contributed by atoms with E-state index in [-0.39, 0.29) is 19.0 Å². The van der Waals surface area contributed by atoms with Gasteiger partial charge in [-0.25, -0.2) is 9.78 Å². The lowest BCUT2D eigenvalue weighted by Crippen LogP contribution is -2.09. The SMILES string of the molecule is COc1ccc(C(C)=O)cc1COC(=O)c1ccccc1OCc1csc(C)n1. The number of para-hydroxylation sites is 1. The van der Waals surface area contributed by atoms with Crippen LogP contribution in [0.15, 0.2) is 47.8 Å². The molecule has 0 aliphatic rings. The van der Waals surface area contributed by atoms with Crippen molar-refractivity contribution in [3.05, 3.63) is 75.2 Å². The second kappa shape index (κ2) is 9.34. The second-order valence-corrected chi connectivity index (χ2v) is 7.36. The maximum Gasteiger partial charge on any atom is 0.342 e. The van der Waals surface area contributed by atoms with Crippen molar-refractivity contribution in [1.29, 1.82) is 0 Å². The van der Waals surface area contributed by atoms with Crippen LogP contribution in [-0.2, 0) is 18.0 Å². The van der Waals surface area contributed by atoms with Crippen molar-refractivity contribution in [2.75, 3.05) is 7.11 Å². The van der Waals surface area contributed by atoms with E-state index >= 15 is 0 Å². The van der Waals surface area contributed by atoms with Gasteiger partial charge in [0, 0.05) is 16.5 Å². The second-order valence-electron chi connectivity index (χ2n) is 6.30. The molecule has 0 spiro atoms. The van der Waals surface area contributed by atoms with Gasteiger partial charge in [0.1, 0.15) is 30.3 Å². The molecule has 0 aliphatic heterocycles. The summed E-state index contributed by atoms with van der Waals surface area (Å²) in [5.74, 6) is 0.375. The molecule has 1 heterocycles. The molecule has 0 bridgehead atoms. The summed E-state index contributed by atoms with van der Waals surface area (Å²) in [5.41, 5.74) is 2.27. The van der Waals surface area contributed by atoms with E-state index in [0.717, 1.165) is 10.7 Å². The Labute approximate surface area is 173 Å². The molecule has 2 aromatic carbocycles. The number of rotatable bonds is 8. The molecule has 1 aromatic heterocycles. The number of carbonyl (C=O) groups excluding carboxylic acids is 2. The molecule has 3 rings (SSSR count). The summed E-state index contributed by atoms with van der Waals surface area (Å²) >= 11 is 1.54. The molecule has 0 unspecified atom stereocenters. The maximum absolute atomic E-state index is 12.6. The van der Waals surface area contributed by atoms with Crippen LogP contribution in [-0.4, -0.2) is 23.8 Å². The standard InChI is InChI=1S/C22H21NO5S/c1-14(24)16-8-9-20(26-3)17(10-16)11-28-22(25)19-6-4-5-7-21(19)27-12-18-13-29-15(2)23-18/h4-10,13H,11-12H2,1-3H3. The third kappa shape index (κ3) is 5.20. The number of nitrogens with zero attached hydrogens (tertiary/aromatic N) is 1. The molecule has 0 amide bonds. The lowest BCUT2D eigenvalue weighted by Gasteiger charge is -2.13. The number of aryl methyl sites for hydroxylation is 1. The van der Waals surface area contributed by atoms with E-state index in [0.29, 0.717) is 28.2 Å². The Kier molecular flexibility index (Phi) is 6.61. The van der Waals surface area contributed by atoms with Crippen LogP contribution in [0.1, 0.15) is 43.9 Å². The van der Waals surface area contributed by atoms with Crippen molar-refractivity contribution in [2.45, 2.75) is 27.1 Å². The summed E-state index contributed by atoms with van der Waals surface area (Å²) in [4.78, 5) is 28.6. The fraction of sp³-hybridized carbons (Fsp3) is 0.227. The van der Waals surface area contributed by atoms with E-state index in [1.165, 1.54) is 14.0 Å². The zero-order valence-electron chi connectivity index (χ0n) is 16.4. The summed E-state index contributed by atoms with van der Waals surface area (Å²) in [7, 11) is 1.53. The normalized spacial score (nSPS) is 10.4. The maximum atomic E-state index is 12.6. The number of hydrogen-bond donors (Lipinski definition) is 0. The summed E-state index contributed by atoms with van der Waals surface area (Å²) in [5, 5.41) is 2.88. The van der Waals surface area contributed by atoms with Crippen LogP contribution < -0.4 is 9.47 Å². The van der Waals surface area contributed by atoms with E-state index in [2.05, 4.69) is 4.98 Å². The predicted octanol–water partition coefficient (Wildman–Crippen LogP) is 4.60. The minimum Gasteiger partial charge on any atom is -0.496 e. The number of ether oxygens (including phenoxy) is 3. The van der Waals surface area contributed by atoms with Crippen molar-refractivity contribution in [2.24, 2.45) is 0 Å². The first-order valence-corrected chi connectivity index (χ1v) is 9.83. The number of benzene rings is 2. The van der Waals surface area contributed by atoms with Gasteiger partial charge in [-0.2, -0.15) is 0 Å². The van der Waals surface area contributed by atoms with Gasteiger partial charge in [-0.15, -0.1) is 11.3 Å². The topological polar surface area (TPSA) is 74.7 Å². The Bertz CT molecular complexity index is 1030. The van der Waals surface area contributed by atoms with Gasteiger partial charge in [0.2, 0.25) is 0 Å².